The van der Waals surface area contributed by atoms with Gasteiger partial charge in [-0.1, -0.05) is 12.1 Å². The highest BCUT2D eigenvalue weighted by molar-refractivity contribution is 5.93. The summed E-state index contributed by atoms with van der Waals surface area (Å²) in [6.07, 6.45) is 1.38. The van der Waals surface area contributed by atoms with Gasteiger partial charge in [0.15, 0.2) is 0 Å². The number of esters is 1. The number of hydrogen-bond donors (Lipinski definition) is 2. The molecule has 1 aromatic rings. The summed E-state index contributed by atoms with van der Waals surface area (Å²) in [5.74, 6) is 0.247. The van der Waals surface area contributed by atoms with E-state index in [4.69, 9.17) is 9.47 Å². The Morgan fingerprint density at radius 1 is 1.30 bits per heavy atom. The zero-order valence-corrected chi connectivity index (χ0v) is 11.3. The first kappa shape index (κ1) is 13.9. The van der Waals surface area contributed by atoms with Gasteiger partial charge >= 0.3 is 12.0 Å². The normalized spacial score (nSPS) is 17.6. The maximum atomic E-state index is 11.9. The number of benzene rings is 1. The van der Waals surface area contributed by atoms with E-state index in [2.05, 4.69) is 10.6 Å². The molecule has 0 spiro atoms. The minimum Gasteiger partial charge on any atom is -0.497 e. The zero-order valence-electron chi connectivity index (χ0n) is 11.3. The van der Waals surface area contributed by atoms with Crippen LogP contribution in [0.3, 0.4) is 0 Å². The molecule has 0 aliphatic carbocycles. The Morgan fingerprint density at radius 2 is 2.00 bits per heavy atom. The molecule has 2 rings (SSSR count). The van der Waals surface area contributed by atoms with Crippen molar-refractivity contribution in [2.75, 3.05) is 13.7 Å². The van der Waals surface area contributed by atoms with E-state index in [9.17, 15) is 9.59 Å². The molecule has 20 heavy (non-hydrogen) atoms. The van der Waals surface area contributed by atoms with E-state index in [-0.39, 0.29) is 12.6 Å². The van der Waals surface area contributed by atoms with E-state index in [1.807, 2.05) is 0 Å². The Bertz CT molecular complexity index is 537. The van der Waals surface area contributed by atoms with E-state index in [0.29, 0.717) is 11.3 Å². The Hall–Kier alpha value is -2.50. The van der Waals surface area contributed by atoms with Gasteiger partial charge in [-0.15, -0.1) is 0 Å². The van der Waals surface area contributed by atoms with Crippen molar-refractivity contribution in [3.05, 3.63) is 41.6 Å². The average molecular weight is 276 g/mol. The SMILES string of the molecule is CCOC(=O)C1=CNC(=O)N[C@H]1c1ccc(OC)cc1. The topological polar surface area (TPSA) is 76.7 Å². The van der Waals surface area contributed by atoms with E-state index < -0.39 is 12.0 Å². The second-order valence-corrected chi connectivity index (χ2v) is 4.14. The van der Waals surface area contributed by atoms with Gasteiger partial charge < -0.3 is 20.1 Å². The Kier molecular flexibility index (Phi) is 4.24. The van der Waals surface area contributed by atoms with Crippen LogP contribution in [0.2, 0.25) is 0 Å². The van der Waals surface area contributed by atoms with Gasteiger partial charge in [-0.25, -0.2) is 9.59 Å². The molecule has 1 aliphatic heterocycles. The summed E-state index contributed by atoms with van der Waals surface area (Å²) >= 11 is 0. The van der Waals surface area contributed by atoms with Gasteiger partial charge in [0.25, 0.3) is 0 Å². The first-order valence-electron chi connectivity index (χ1n) is 6.24. The molecule has 1 atom stereocenters. The molecule has 6 nitrogen and oxygen atoms in total. The molecule has 6 heteroatoms. The second kappa shape index (κ2) is 6.10. The number of urea groups is 1. The lowest BCUT2D eigenvalue weighted by Gasteiger charge is -2.25. The van der Waals surface area contributed by atoms with Crippen LogP contribution >= 0.6 is 0 Å². The molecular weight excluding hydrogens is 260 g/mol. The number of methoxy groups -OCH3 is 1. The van der Waals surface area contributed by atoms with Crippen LogP contribution in [0.4, 0.5) is 4.79 Å². The number of carbonyl (C=O) groups is 2. The van der Waals surface area contributed by atoms with Crippen LogP contribution in [0.15, 0.2) is 36.0 Å². The van der Waals surface area contributed by atoms with Crippen LogP contribution < -0.4 is 15.4 Å². The van der Waals surface area contributed by atoms with Crippen LogP contribution in [0, 0.1) is 0 Å². The van der Waals surface area contributed by atoms with Crippen LogP contribution in [0.25, 0.3) is 0 Å². The van der Waals surface area contributed by atoms with Crippen molar-refractivity contribution in [2.24, 2.45) is 0 Å². The zero-order chi connectivity index (χ0) is 14.5. The molecule has 0 aromatic heterocycles. The van der Waals surface area contributed by atoms with Crippen molar-refractivity contribution in [1.82, 2.24) is 10.6 Å². The molecule has 106 valence electrons. The lowest BCUT2D eigenvalue weighted by molar-refractivity contribution is -0.139. The molecule has 1 heterocycles. The van der Waals surface area contributed by atoms with Crippen molar-refractivity contribution in [2.45, 2.75) is 13.0 Å². The van der Waals surface area contributed by atoms with Crippen molar-refractivity contribution in [3.8, 4) is 5.75 Å². The standard InChI is InChI=1S/C14H16N2O4/c1-3-20-13(17)11-8-15-14(18)16-12(11)9-4-6-10(19-2)7-5-9/h4-8,12H,3H2,1-2H3,(H2,15,16,18)/t12-/m0/s1. The largest absolute Gasteiger partial charge is 0.497 e. The molecule has 0 radical (unpaired) electrons. The minimum atomic E-state index is -0.534. The summed E-state index contributed by atoms with van der Waals surface area (Å²) in [4.78, 5) is 23.4. The Morgan fingerprint density at radius 3 is 2.60 bits per heavy atom. The highest BCUT2D eigenvalue weighted by atomic mass is 16.5. The number of rotatable bonds is 4. The smallest absolute Gasteiger partial charge is 0.337 e. The van der Waals surface area contributed by atoms with Gasteiger partial charge in [-0.3, -0.25) is 0 Å². The first-order valence-corrected chi connectivity index (χ1v) is 6.24. The molecular formula is C14H16N2O4. The second-order valence-electron chi connectivity index (χ2n) is 4.14. The van der Waals surface area contributed by atoms with Crippen molar-refractivity contribution in [3.63, 3.8) is 0 Å². The summed E-state index contributed by atoms with van der Waals surface area (Å²) in [5.41, 5.74) is 1.14. The van der Waals surface area contributed by atoms with Crippen LogP contribution in [-0.2, 0) is 9.53 Å². The maximum Gasteiger partial charge on any atom is 0.337 e. The van der Waals surface area contributed by atoms with E-state index >= 15 is 0 Å². The molecule has 2 N–H and O–H groups in total. The molecule has 2 amide bonds. The fraction of sp³-hybridized carbons (Fsp3) is 0.286. The van der Waals surface area contributed by atoms with Gasteiger partial charge in [-0.2, -0.15) is 0 Å². The number of hydrogen-bond acceptors (Lipinski definition) is 4. The molecule has 0 saturated carbocycles. The molecule has 0 unspecified atom stereocenters. The number of carbonyl (C=O) groups excluding carboxylic acids is 2. The van der Waals surface area contributed by atoms with Gasteiger partial charge in [-0.05, 0) is 24.6 Å². The lowest BCUT2D eigenvalue weighted by atomic mass is 9.98. The van der Waals surface area contributed by atoms with Gasteiger partial charge in [0.05, 0.1) is 25.3 Å². The summed E-state index contributed by atoms with van der Waals surface area (Å²) in [5, 5.41) is 5.16. The number of ether oxygens (including phenoxy) is 2. The van der Waals surface area contributed by atoms with E-state index in [0.717, 1.165) is 5.56 Å². The number of amides is 2. The molecule has 0 saturated heterocycles. The third-order valence-electron chi connectivity index (χ3n) is 2.91. The highest BCUT2D eigenvalue weighted by Gasteiger charge is 2.28. The Labute approximate surface area is 116 Å². The summed E-state index contributed by atoms with van der Waals surface area (Å²) < 4.78 is 10.1. The van der Waals surface area contributed by atoms with Gasteiger partial charge in [0.2, 0.25) is 0 Å². The maximum absolute atomic E-state index is 11.9. The van der Waals surface area contributed by atoms with Crippen molar-refractivity contribution in [1.29, 1.82) is 0 Å². The highest BCUT2D eigenvalue weighted by Crippen LogP contribution is 2.26. The molecule has 0 bridgehead atoms. The summed E-state index contributed by atoms with van der Waals surface area (Å²) in [6.45, 7) is 2.01. The van der Waals surface area contributed by atoms with E-state index in [1.165, 1.54) is 6.20 Å². The number of nitrogens with one attached hydrogen (secondary N) is 2. The van der Waals surface area contributed by atoms with Gasteiger partial charge in [0, 0.05) is 6.20 Å². The molecule has 0 fully saturated rings. The first-order chi connectivity index (χ1) is 9.65. The molecule has 1 aliphatic rings. The van der Waals surface area contributed by atoms with Gasteiger partial charge in [0.1, 0.15) is 5.75 Å². The molecule has 1 aromatic carbocycles. The third kappa shape index (κ3) is 2.90. The predicted molar refractivity (Wildman–Crippen MR) is 72.1 cm³/mol. The fourth-order valence-electron chi connectivity index (χ4n) is 1.93. The average Bonchev–Trinajstić information content (AvgIpc) is 2.47. The monoisotopic (exact) mass is 276 g/mol. The Balaban J connectivity index is 2.29. The quantitative estimate of drug-likeness (QED) is 0.817. The van der Waals surface area contributed by atoms with E-state index in [1.54, 1.807) is 38.3 Å². The van der Waals surface area contributed by atoms with Crippen molar-refractivity contribution >= 4 is 12.0 Å². The summed E-state index contributed by atoms with van der Waals surface area (Å²) in [6, 6.07) is 6.23. The van der Waals surface area contributed by atoms with Crippen LogP contribution in [0.5, 0.6) is 5.75 Å². The lowest BCUT2D eigenvalue weighted by Crippen LogP contribution is -2.42. The summed E-state index contributed by atoms with van der Waals surface area (Å²) in [7, 11) is 1.57. The van der Waals surface area contributed by atoms with Crippen LogP contribution in [0.1, 0.15) is 18.5 Å². The predicted octanol–water partition coefficient (Wildman–Crippen LogP) is 1.50. The third-order valence-corrected chi connectivity index (χ3v) is 2.91. The van der Waals surface area contributed by atoms with Crippen LogP contribution in [-0.4, -0.2) is 25.7 Å². The van der Waals surface area contributed by atoms with Crippen molar-refractivity contribution < 1.29 is 19.1 Å². The fourth-order valence-corrected chi connectivity index (χ4v) is 1.93. The minimum absolute atomic E-state index is 0.277.